The van der Waals surface area contributed by atoms with Gasteiger partial charge in [0, 0.05) is 47.3 Å². The van der Waals surface area contributed by atoms with E-state index in [1.165, 1.54) is 18.4 Å². The predicted octanol–water partition coefficient (Wildman–Crippen LogP) is 6.08. The minimum absolute atomic E-state index is 0.121. The molecule has 1 aromatic heterocycles. The Labute approximate surface area is 226 Å². The fourth-order valence-electron chi connectivity index (χ4n) is 5.69. The molecule has 0 aliphatic heterocycles. The molecular weight excluding hydrogens is 482 g/mol. The Bertz CT molecular complexity index is 1180. The summed E-state index contributed by atoms with van der Waals surface area (Å²) in [5.74, 6) is 0.688. The molecule has 0 radical (unpaired) electrons. The second kappa shape index (κ2) is 12.1. The van der Waals surface area contributed by atoms with Crippen molar-refractivity contribution in [2.45, 2.75) is 71.1 Å². The van der Waals surface area contributed by atoms with E-state index in [-0.39, 0.29) is 11.9 Å². The first kappa shape index (κ1) is 27.2. The monoisotopic (exact) mass is 521 g/mol. The summed E-state index contributed by atoms with van der Waals surface area (Å²) >= 11 is 6.58. The van der Waals surface area contributed by atoms with Crippen LogP contribution in [0, 0.1) is 6.92 Å². The smallest absolute Gasteiger partial charge is 0.252 e. The van der Waals surface area contributed by atoms with Gasteiger partial charge < -0.3 is 19.7 Å². The van der Waals surface area contributed by atoms with Gasteiger partial charge in [-0.1, -0.05) is 41.9 Å². The first-order valence-electron chi connectivity index (χ1n) is 13.4. The molecule has 1 atom stereocenters. The first-order valence-corrected chi connectivity index (χ1v) is 13.8. The van der Waals surface area contributed by atoms with Crippen LogP contribution in [0.5, 0.6) is 0 Å². The summed E-state index contributed by atoms with van der Waals surface area (Å²) in [6.07, 6.45) is 8.42. The Kier molecular flexibility index (Phi) is 8.93. The summed E-state index contributed by atoms with van der Waals surface area (Å²) in [7, 11) is 4.34. The maximum atomic E-state index is 13.4. The van der Waals surface area contributed by atoms with Gasteiger partial charge in [-0.15, -0.1) is 0 Å². The maximum absolute atomic E-state index is 13.4. The summed E-state index contributed by atoms with van der Waals surface area (Å²) < 4.78 is 2.11. The lowest BCUT2D eigenvalue weighted by Gasteiger charge is -2.40. The first-order chi connectivity index (χ1) is 17.8. The number of benzene rings is 2. The summed E-state index contributed by atoms with van der Waals surface area (Å²) in [6.45, 7) is 7.59. The molecule has 4 rings (SSSR count). The highest BCUT2D eigenvalue weighted by atomic mass is 35.5. The van der Waals surface area contributed by atoms with E-state index in [0.29, 0.717) is 29.2 Å². The molecule has 0 spiro atoms. The Balaban J connectivity index is 1.49. The second-order valence-corrected chi connectivity index (χ2v) is 10.8. The lowest BCUT2D eigenvalue weighted by molar-refractivity contribution is 0.0948. The number of rotatable bonds is 9. The van der Waals surface area contributed by atoms with Gasteiger partial charge >= 0.3 is 0 Å². The van der Waals surface area contributed by atoms with E-state index in [1.54, 1.807) is 12.3 Å². The van der Waals surface area contributed by atoms with Gasteiger partial charge in [-0.05, 0) is 83.8 Å². The highest BCUT2D eigenvalue weighted by molar-refractivity contribution is 6.31. The Morgan fingerprint density at radius 2 is 1.81 bits per heavy atom. The third kappa shape index (κ3) is 6.19. The van der Waals surface area contributed by atoms with Gasteiger partial charge in [-0.3, -0.25) is 4.79 Å². The third-order valence-corrected chi connectivity index (χ3v) is 8.15. The normalized spacial score (nSPS) is 18.6. The number of anilines is 1. The number of nitrogens with zero attached hydrogens (tertiary/aromatic N) is 4. The van der Waals surface area contributed by atoms with Gasteiger partial charge in [0.05, 0.1) is 12.6 Å². The van der Waals surface area contributed by atoms with Crippen molar-refractivity contribution in [2.24, 2.45) is 0 Å². The summed E-state index contributed by atoms with van der Waals surface area (Å²) in [5, 5.41) is 3.68. The zero-order valence-electron chi connectivity index (χ0n) is 22.7. The van der Waals surface area contributed by atoms with Crippen LogP contribution in [0.1, 0.15) is 72.9 Å². The van der Waals surface area contributed by atoms with Crippen LogP contribution in [-0.2, 0) is 6.54 Å². The van der Waals surface area contributed by atoms with Crippen molar-refractivity contribution in [1.29, 1.82) is 0 Å². The molecule has 0 bridgehead atoms. The molecule has 2 aromatic carbocycles. The number of hydrogen-bond acceptors (Lipinski definition) is 4. The van der Waals surface area contributed by atoms with Crippen LogP contribution >= 0.6 is 11.6 Å². The minimum Gasteiger partial charge on any atom is -0.369 e. The fraction of sp³-hybridized carbons (Fsp3) is 0.467. The molecule has 1 heterocycles. The molecule has 37 heavy (non-hydrogen) atoms. The van der Waals surface area contributed by atoms with Crippen LogP contribution in [0.15, 0.2) is 54.9 Å². The van der Waals surface area contributed by atoms with Crippen molar-refractivity contribution >= 4 is 23.2 Å². The van der Waals surface area contributed by atoms with Crippen LogP contribution in [0.3, 0.4) is 0 Å². The molecule has 198 valence electrons. The fourth-order valence-corrected chi connectivity index (χ4v) is 5.90. The van der Waals surface area contributed by atoms with E-state index in [4.69, 9.17) is 11.6 Å². The number of imidazole rings is 1. The van der Waals surface area contributed by atoms with Crippen LogP contribution in [0.2, 0.25) is 5.02 Å². The number of halogens is 1. The minimum atomic E-state index is -0.129. The molecule has 1 N–H and O–H groups in total. The molecule has 1 aliphatic rings. The van der Waals surface area contributed by atoms with Gasteiger partial charge in [0.15, 0.2) is 0 Å². The topological polar surface area (TPSA) is 53.4 Å². The number of amides is 1. The molecule has 1 aliphatic carbocycles. The maximum Gasteiger partial charge on any atom is 0.252 e. The molecule has 1 amide bonds. The zero-order valence-corrected chi connectivity index (χ0v) is 23.5. The third-order valence-electron chi connectivity index (χ3n) is 7.93. The predicted molar refractivity (Wildman–Crippen MR) is 153 cm³/mol. The van der Waals surface area contributed by atoms with Crippen LogP contribution in [-0.4, -0.2) is 53.1 Å². The second-order valence-electron chi connectivity index (χ2n) is 10.3. The average Bonchev–Trinajstić information content (AvgIpc) is 3.38. The Morgan fingerprint density at radius 1 is 1.14 bits per heavy atom. The number of hydrogen-bond donors (Lipinski definition) is 1. The molecule has 3 aromatic rings. The van der Waals surface area contributed by atoms with Crippen molar-refractivity contribution in [2.75, 3.05) is 25.5 Å². The largest absolute Gasteiger partial charge is 0.369 e. The number of carbonyl (C=O) groups excluding carboxylic acids is 1. The quantitative estimate of drug-likeness (QED) is 0.370. The van der Waals surface area contributed by atoms with E-state index in [0.717, 1.165) is 36.5 Å². The van der Waals surface area contributed by atoms with Gasteiger partial charge in [0.2, 0.25) is 0 Å². The summed E-state index contributed by atoms with van der Waals surface area (Å²) in [6, 6.07) is 15.3. The molecule has 1 fully saturated rings. The van der Waals surface area contributed by atoms with E-state index in [1.807, 2.05) is 37.4 Å². The van der Waals surface area contributed by atoms with Crippen molar-refractivity contribution in [1.82, 2.24) is 19.8 Å². The van der Waals surface area contributed by atoms with Crippen molar-refractivity contribution in [3.05, 3.63) is 82.4 Å². The number of nitrogens with one attached hydrogen (secondary N) is 1. The van der Waals surface area contributed by atoms with Gasteiger partial charge in [0.1, 0.15) is 5.82 Å². The van der Waals surface area contributed by atoms with Crippen LogP contribution in [0.25, 0.3) is 0 Å². The van der Waals surface area contributed by atoms with Crippen LogP contribution in [0.4, 0.5) is 5.69 Å². The molecular formula is C30H40ClN5O. The Hall–Kier alpha value is -2.83. The summed E-state index contributed by atoms with van der Waals surface area (Å²) in [5.41, 5.74) is 3.85. The highest BCUT2D eigenvalue weighted by Crippen LogP contribution is 2.34. The van der Waals surface area contributed by atoms with Crippen molar-refractivity contribution in [3.8, 4) is 0 Å². The average molecular weight is 522 g/mol. The Morgan fingerprint density at radius 3 is 2.46 bits per heavy atom. The zero-order chi connectivity index (χ0) is 26.5. The van der Waals surface area contributed by atoms with Gasteiger partial charge in [0.25, 0.3) is 5.91 Å². The number of aromatic nitrogens is 2. The molecule has 0 saturated heterocycles. The SMILES string of the molecule is CCN(c1cc(Cl)cc(C(=O)NCc2nccn2C(C)c2ccccc2)c1C)[C@H]1CC[C@H](N(C)C)CC1. The van der Waals surface area contributed by atoms with Gasteiger partial charge in [-0.2, -0.15) is 0 Å². The van der Waals surface area contributed by atoms with E-state index < -0.39 is 0 Å². The molecule has 6 nitrogen and oxygen atoms in total. The standard InChI is InChI=1S/C30H40ClN5O/c1-6-35(26-14-12-25(13-15-26)34(4)5)28-19-24(31)18-27(21(28)2)30(37)33-20-29-32-16-17-36(29)22(3)23-10-8-7-9-11-23/h7-11,16-19,22,25-26H,6,12-15,20H2,1-5H3,(H,33,37)/t22?,25-,26-. The van der Waals surface area contributed by atoms with E-state index >= 15 is 0 Å². The summed E-state index contributed by atoms with van der Waals surface area (Å²) in [4.78, 5) is 22.7. The molecule has 1 saturated carbocycles. The van der Waals surface area contributed by atoms with Crippen molar-refractivity contribution in [3.63, 3.8) is 0 Å². The molecule has 1 unspecified atom stereocenters. The van der Waals surface area contributed by atoms with Gasteiger partial charge in [-0.25, -0.2) is 4.98 Å². The van der Waals surface area contributed by atoms with E-state index in [9.17, 15) is 4.79 Å². The lowest BCUT2D eigenvalue weighted by Crippen LogP contribution is -2.42. The van der Waals surface area contributed by atoms with Crippen LogP contribution < -0.4 is 10.2 Å². The lowest BCUT2D eigenvalue weighted by atomic mass is 9.89. The highest BCUT2D eigenvalue weighted by Gasteiger charge is 2.28. The van der Waals surface area contributed by atoms with Crippen molar-refractivity contribution < 1.29 is 4.79 Å². The molecule has 7 heteroatoms. The number of carbonyl (C=O) groups is 1. The van der Waals surface area contributed by atoms with E-state index in [2.05, 4.69) is 64.7 Å².